The van der Waals surface area contributed by atoms with Crippen LogP contribution in [0, 0.1) is 0 Å². The number of benzene rings is 2. The Morgan fingerprint density at radius 3 is 2.43 bits per heavy atom. The molecule has 6 heteroatoms. The quantitative estimate of drug-likeness (QED) is 0.734. The zero-order valence-electron chi connectivity index (χ0n) is 17.9. The first-order valence-electron chi connectivity index (χ1n) is 10.7. The third-order valence-corrected chi connectivity index (χ3v) is 6.01. The Kier molecular flexibility index (Phi) is 6.55. The van der Waals surface area contributed by atoms with Crippen molar-refractivity contribution in [2.45, 2.75) is 25.6 Å². The highest BCUT2D eigenvalue weighted by Crippen LogP contribution is 2.31. The van der Waals surface area contributed by atoms with Crippen LogP contribution in [0.15, 0.2) is 54.6 Å². The summed E-state index contributed by atoms with van der Waals surface area (Å²) in [6, 6.07) is 18.0. The second-order valence-corrected chi connectivity index (χ2v) is 8.20. The summed E-state index contributed by atoms with van der Waals surface area (Å²) < 4.78 is 11.9. The molecule has 1 amide bonds. The van der Waals surface area contributed by atoms with Gasteiger partial charge in [-0.15, -0.1) is 0 Å². The van der Waals surface area contributed by atoms with Crippen LogP contribution in [-0.2, 0) is 11.3 Å². The molecule has 6 nitrogen and oxygen atoms in total. The maximum Gasteiger partial charge on any atom is 0.239 e. The number of rotatable bonds is 6. The lowest BCUT2D eigenvalue weighted by atomic mass is 10.1. The largest absolute Gasteiger partial charge is 0.486 e. The molecule has 0 bridgehead atoms. The second kappa shape index (κ2) is 9.49. The summed E-state index contributed by atoms with van der Waals surface area (Å²) in [5.41, 5.74) is 1.32. The zero-order chi connectivity index (χ0) is 20.9. The van der Waals surface area contributed by atoms with Crippen LogP contribution in [0.4, 0.5) is 0 Å². The molecule has 0 N–H and O–H groups in total. The van der Waals surface area contributed by atoms with Crippen LogP contribution in [0.5, 0.6) is 11.5 Å². The summed E-state index contributed by atoms with van der Waals surface area (Å²) in [6.45, 7) is 7.45. The minimum Gasteiger partial charge on any atom is -0.486 e. The van der Waals surface area contributed by atoms with Crippen LogP contribution in [0.25, 0.3) is 0 Å². The molecule has 30 heavy (non-hydrogen) atoms. The van der Waals surface area contributed by atoms with Gasteiger partial charge >= 0.3 is 0 Å². The van der Waals surface area contributed by atoms with Gasteiger partial charge in [0.05, 0.1) is 6.04 Å². The molecule has 2 aliphatic heterocycles. The lowest BCUT2D eigenvalue weighted by Crippen LogP contribution is -2.54. The average Bonchev–Trinajstić information content (AvgIpc) is 2.79. The van der Waals surface area contributed by atoms with Crippen molar-refractivity contribution in [3.63, 3.8) is 0 Å². The van der Waals surface area contributed by atoms with Crippen molar-refractivity contribution in [1.82, 2.24) is 14.7 Å². The lowest BCUT2D eigenvalue weighted by molar-refractivity contribution is -0.138. The highest BCUT2D eigenvalue weighted by atomic mass is 16.6. The van der Waals surface area contributed by atoms with Gasteiger partial charge in [-0.25, -0.2) is 0 Å². The number of hydrogen-bond acceptors (Lipinski definition) is 5. The van der Waals surface area contributed by atoms with E-state index in [0.29, 0.717) is 13.2 Å². The topological polar surface area (TPSA) is 45.3 Å². The third kappa shape index (κ3) is 4.94. The van der Waals surface area contributed by atoms with Crippen LogP contribution in [0.2, 0.25) is 0 Å². The number of fused-ring (bicyclic) bond motifs is 1. The molecule has 0 spiro atoms. The Hall–Kier alpha value is -2.57. The number of ether oxygens (including phenoxy) is 2. The van der Waals surface area contributed by atoms with Crippen LogP contribution in [0.3, 0.4) is 0 Å². The van der Waals surface area contributed by atoms with Gasteiger partial charge in [-0.1, -0.05) is 42.5 Å². The molecule has 4 rings (SSSR count). The standard InChI is InChI=1S/C24H31N3O3/c1-19(25(2)17-21-18-29-22-10-6-7-11-23(22)30-21)24(28)27-14-12-26(13-15-27)16-20-8-4-3-5-9-20/h3-11,19,21H,12-18H2,1-2H3/t19-,21+/m0/s1. The number of hydrogen-bond donors (Lipinski definition) is 0. The fourth-order valence-corrected chi connectivity index (χ4v) is 4.05. The summed E-state index contributed by atoms with van der Waals surface area (Å²) in [6.07, 6.45) is -0.0807. The second-order valence-electron chi connectivity index (χ2n) is 8.20. The molecular weight excluding hydrogens is 378 g/mol. The zero-order valence-corrected chi connectivity index (χ0v) is 17.9. The Bertz CT molecular complexity index is 837. The van der Waals surface area contributed by atoms with Crippen LogP contribution < -0.4 is 9.47 Å². The monoisotopic (exact) mass is 409 g/mol. The van der Waals surface area contributed by atoms with E-state index in [4.69, 9.17) is 9.47 Å². The molecule has 0 aliphatic carbocycles. The normalized spacial score (nSPS) is 20.2. The molecule has 0 radical (unpaired) electrons. The molecular formula is C24H31N3O3. The highest BCUT2D eigenvalue weighted by Gasteiger charge is 2.30. The van der Waals surface area contributed by atoms with Crippen molar-refractivity contribution in [2.24, 2.45) is 0 Å². The molecule has 2 atom stereocenters. The van der Waals surface area contributed by atoms with Gasteiger partial charge in [0.25, 0.3) is 0 Å². The molecule has 2 aliphatic rings. The molecule has 1 saturated heterocycles. The first-order chi connectivity index (χ1) is 14.6. The third-order valence-electron chi connectivity index (χ3n) is 6.01. The van der Waals surface area contributed by atoms with E-state index in [2.05, 4.69) is 34.1 Å². The lowest BCUT2D eigenvalue weighted by Gasteiger charge is -2.38. The molecule has 1 fully saturated rings. The van der Waals surface area contributed by atoms with Gasteiger partial charge in [-0.05, 0) is 31.7 Å². The van der Waals surface area contributed by atoms with Crippen LogP contribution in [-0.4, -0.2) is 79.1 Å². The molecule has 160 valence electrons. The van der Waals surface area contributed by atoms with E-state index in [1.807, 2.05) is 49.2 Å². The molecule has 2 aromatic rings. The van der Waals surface area contributed by atoms with Crippen molar-refractivity contribution >= 4 is 5.91 Å². The number of piperazine rings is 1. The minimum atomic E-state index is -0.188. The summed E-state index contributed by atoms with van der Waals surface area (Å²) in [5.74, 6) is 1.75. The van der Waals surface area contributed by atoms with Crippen LogP contribution >= 0.6 is 0 Å². The van der Waals surface area contributed by atoms with Crippen molar-refractivity contribution in [1.29, 1.82) is 0 Å². The van der Waals surface area contributed by atoms with E-state index < -0.39 is 0 Å². The first-order valence-corrected chi connectivity index (χ1v) is 10.7. The molecule has 2 aromatic carbocycles. The summed E-state index contributed by atoms with van der Waals surface area (Å²) in [5, 5.41) is 0. The van der Waals surface area contributed by atoms with E-state index in [0.717, 1.165) is 44.2 Å². The number of para-hydroxylation sites is 2. The van der Waals surface area contributed by atoms with Crippen LogP contribution in [0.1, 0.15) is 12.5 Å². The van der Waals surface area contributed by atoms with E-state index in [9.17, 15) is 4.79 Å². The smallest absolute Gasteiger partial charge is 0.239 e. The van der Waals surface area contributed by atoms with Crippen molar-refractivity contribution in [3.8, 4) is 11.5 Å². The fraction of sp³-hybridized carbons (Fsp3) is 0.458. The molecule has 2 heterocycles. The first kappa shape index (κ1) is 20.7. The number of carbonyl (C=O) groups excluding carboxylic acids is 1. The SMILES string of the molecule is C[C@@H](C(=O)N1CCN(Cc2ccccc2)CC1)N(C)C[C@@H]1COc2ccccc2O1. The van der Waals surface area contributed by atoms with Gasteiger partial charge in [0.2, 0.25) is 5.91 Å². The van der Waals surface area contributed by atoms with Gasteiger partial charge < -0.3 is 14.4 Å². The van der Waals surface area contributed by atoms with E-state index in [1.165, 1.54) is 5.56 Å². The molecule has 0 unspecified atom stereocenters. The number of amides is 1. The number of carbonyl (C=O) groups is 1. The Morgan fingerprint density at radius 1 is 1.03 bits per heavy atom. The maximum absolute atomic E-state index is 13.0. The summed E-state index contributed by atoms with van der Waals surface area (Å²) in [7, 11) is 1.98. The maximum atomic E-state index is 13.0. The summed E-state index contributed by atoms with van der Waals surface area (Å²) in [4.78, 5) is 19.5. The van der Waals surface area contributed by atoms with Gasteiger partial charge in [0.15, 0.2) is 11.5 Å². The molecule has 0 saturated carbocycles. The Labute approximate surface area is 179 Å². The van der Waals surface area contributed by atoms with Crippen molar-refractivity contribution in [2.75, 3.05) is 46.4 Å². The highest BCUT2D eigenvalue weighted by molar-refractivity contribution is 5.81. The van der Waals surface area contributed by atoms with E-state index in [-0.39, 0.29) is 18.1 Å². The fourth-order valence-electron chi connectivity index (χ4n) is 4.05. The minimum absolute atomic E-state index is 0.0807. The van der Waals surface area contributed by atoms with Crippen molar-refractivity contribution in [3.05, 3.63) is 60.2 Å². The van der Waals surface area contributed by atoms with Crippen molar-refractivity contribution < 1.29 is 14.3 Å². The Morgan fingerprint density at radius 2 is 1.70 bits per heavy atom. The summed E-state index contributed by atoms with van der Waals surface area (Å²) >= 11 is 0. The molecule has 0 aromatic heterocycles. The predicted octanol–water partition coefficient (Wildman–Crippen LogP) is 2.49. The van der Waals surface area contributed by atoms with E-state index >= 15 is 0 Å². The van der Waals surface area contributed by atoms with E-state index in [1.54, 1.807) is 0 Å². The predicted molar refractivity (Wildman–Crippen MR) is 117 cm³/mol. The Balaban J connectivity index is 1.24. The van der Waals surface area contributed by atoms with Gasteiger partial charge in [0.1, 0.15) is 12.7 Å². The number of nitrogens with zero attached hydrogens (tertiary/aromatic N) is 3. The number of likely N-dealkylation sites (N-methyl/N-ethyl adjacent to an activating group) is 1. The van der Waals surface area contributed by atoms with Gasteiger partial charge in [-0.3, -0.25) is 14.6 Å². The van der Waals surface area contributed by atoms with Gasteiger partial charge in [0, 0.05) is 39.3 Å². The average molecular weight is 410 g/mol. The van der Waals surface area contributed by atoms with Gasteiger partial charge in [-0.2, -0.15) is 0 Å².